The van der Waals surface area contributed by atoms with Crippen LogP contribution in [0.3, 0.4) is 0 Å². The third-order valence-electron chi connectivity index (χ3n) is 5.49. The van der Waals surface area contributed by atoms with Crippen LogP contribution in [-0.4, -0.2) is 21.4 Å². The van der Waals surface area contributed by atoms with Crippen LogP contribution >= 0.6 is 0 Å². The monoisotopic (exact) mass is 436 g/mol. The lowest BCUT2D eigenvalue weighted by molar-refractivity contribution is 0.0940. The van der Waals surface area contributed by atoms with E-state index < -0.39 is 10.0 Å². The van der Waals surface area contributed by atoms with Crippen LogP contribution in [0.5, 0.6) is 0 Å². The van der Waals surface area contributed by atoms with Gasteiger partial charge in [0.15, 0.2) is 0 Å². The van der Waals surface area contributed by atoms with Gasteiger partial charge >= 0.3 is 0 Å². The molecule has 31 heavy (non-hydrogen) atoms. The maximum atomic E-state index is 13.1. The van der Waals surface area contributed by atoms with E-state index in [0.717, 1.165) is 22.3 Å². The minimum atomic E-state index is -3.74. The second kappa shape index (κ2) is 8.94. The number of benzene rings is 3. The van der Waals surface area contributed by atoms with Crippen LogP contribution in [0.25, 0.3) is 0 Å². The molecule has 0 aromatic heterocycles. The van der Waals surface area contributed by atoms with Crippen LogP contribution in [0.4, 0.5) is 5.69 Å². The number of nitrogens with one attached hydrogen (secondary N) is 1. The van der Waals surface area contributed by atoms with E-state index in [1.807, 2.05) is 52.0 Å². The quantitative estimate of drug-likeness (QED) is 0.596. The zero-order chi connectivity index (χ0) is 22.8. The van der Waals surface area contributed by atoms with Crippen molar-refractivity contribution in [3.8, 4) is 0 Å². The summed E-state index contributed by atoms with van der Waals surface area (Å²) in [5, 5.41) is 3.01. The smallest absolute Gasteiger partial charge is 0.264 e. The van der Waals surface area contributed by atoms with Crippen molar-refractivity contribution in [3.63, 3.8) is 0 Å². The Labute approximate surface area is 184 Å². The predicted octanol–water partition coefficient (Wildman–Crippen LogP) is 4.93. The second-order valence-corrected chi connectivity index (χ2v) is 9.81. The number of hydrogen-bond donors (Lipinski definition) is 1. The Hall–Kier alpha value is -3.12. The predicted molar refractivity (Wildman–Crippen MR) is 125 cm³/mol. The molecule has 3 aromatic rings. The van der Waals surface area contributed by atoms with Gasteiger partial charge < -0.3 is 5.32 Å². The van der Waals surface area contributed by atoms with E-state index in [2.05, 4.69) is 5.32 Å². The number of amides is 1. The van der Waals surface area contributed by atoms with Gasteiger partial charge in [-0.1, -0.05) is 48.0 Å². The normalized spacial score (nSPS) is 12.3. The highest BCUT2D eigenvalue weighted by Crippen LogP contribution is 2.27. The van der Waals surface area contributed by atoms with Gasteiger partial charge in [0.05, 0.1) is 16.6 Å². The van der Waals surface area contributed by atoms with Crippen LogP contribution in [-0.2, 0) is 10.0 Å². The minimum absolute atomic E-state index is 0.174. The molecule has 0 bridgehead atoms. The Morgan fingerprint density at radius 3 is 2.19 bits per heavy atom. The fourth-order valence-electron chi connectivity index (χ4n) is 3.52. The largest absolute Gasteiger partial charge is 0.346 e. The molecule has 0 aliphatic carbocycles. The summed E-state index contributed by atoms with van der Waals surface area (Å²) in [6.07, 6.45) is 0. The second-order valence-electron chi connectivity index (χ2n) is 7.84. The van der Waals surface area contributed by atoms with Gasteiger partial charge in [-0.15, -0.1) is 0 Å². The fraction of sp³-hybridized carbons (Fsp3) is 0.240. The number of rotatable bonds is 6. The van der Waals surface area contributed by atoms with E-state index in [1.54, 1.807) is 42.5 Å². The minimum Gasteiger partial charge on any atom is -0.346 e. The molecule has 1 atom stereocenters. The average Bonchev–Trinajstić information content (AvgIpc) is 2.74. The van der Waals surface area contributed by atoms with E-state index in [1.165, 1.54) is 11.4 Å². The van der Waals surface area contributed by atoms with E-state index in [0.29, 0.717) is 11.3 Å². The molecule has 0 heterocycles. The van der Waals surface area contributed by atoms with E-state index >= 15 is 0 Å². The lowest BCUT2D eigenvalue weighted by atomic mass is 10.0. The van der Waals surface area contributed by atoms with Crippen LogP contribution in [0, 0.1) is 20.8 Å². The first kappa shape index (κ1) is 22.6. The molecule has 6 heteroatoms. The van der Waals surface area contributed by atoms with Crippen molar-refractivity contribution in [1.29, 1.82) is 0 Å². The summed E-state index contributed by atoms with van der Waals surface area (Å²) in [7, 11) is -2.23. The van der Waals surface area contributed by atoms with Gasteiger partial charge in [-0.2, -0.15) is 0 Å². The first-order chi connectivity index (χ1) is 14.6. The lowest BCUT2D eigenvalue weighted by Gasteiger charge is -2.23. The van der Waals surface area contributed by atoms with Crippen molar-refractivity contribution in [3.05, 3.63) is 94.5 Å². The average molecular weight is 437 g/mol. The molecule has 5 nitrogen and oxygen atoms in total. The molecule has 162 valence electrons. The van der Waals surface area contributed by atoms with Gasteiger partial charge in [-0.3, -0.25) is 9.10 Å². The summed E-state index contributed by atoms with van der Waals surface area (Å²) < 4.78 is 27.4. The van der Waals surface area contributed by atoms with Crippen molar-refractivity contribution in [2.75, 3.05) is 11.4 Å². The van der Waals surface area contributed by atoms with E-state index in [4.69, 9.17) is 0 Å². The molecular weight excluding hydrogens is 408 g/mol. The Bertz CT molecular complexity index is 1200. The number of carbonyl (C=O) groups is 1. The standard InChI is InChI=1S/C25H28N2O3S/c1-17-10-14-22(15-11-17)31(29,30)27(5)24-16-21(13-12-19(24)3)25(28)26-20(4)23-9-7-6-8-18(23)2/h6-16,20H,1-5H3,(H,26,28)/t20-/m1/s1. The van der Waals surface area contributed by atoms with Gasteiger partial charge in [-0.25, -0.2) is 8.42 Å². The number of anilines is 1. The highest BCUT2D eigenvalue weighted by atomic mass is 32.2. The van der Waals surface area contributed by atoms with E-state index in [9.17, 15) is 13.2 Å². The molecule has 0 unspecified atom stereocenters. The topological polar surface area (TPSA) is 66.5 Å². The highest BCUT2D eigenvalue weighted by Gasteiger charge is 2.23. The fourth-order valence-corrected chi connectivity index (χ4v) is 4.77. The molecule has 1 N–H and O–H groups in total. The molecule has 0 saturated heterocycles. The summed E-state index contributed by atoms with van der Waals surface area (Å²) >= 11 is 0. The molecule has 0 radical (unpaired) electrons. The maximum absolute atomic E-state index is 13.1. The van der Waals surface area contributed by atoms with Crippen LogP contribution < -0.4 is 9.62 Å². The molecule has 3 rings (SSSR count). The maximum Gasteiger partial charge on any atom is 0.264 e. The summed E-state index contributed by atoms with van der Waals surface area (Å²) in [5.41, 5.74) is 4.77. The summed E-state index contributed by atoms with van der Waals surface area (Å²) in [6.45, 7) is 7.68. The molecule has 0 aliphatic rings. The molecule has 0 spiro atoms. The van der Waals surface area contributed by atoms with Crippen molar-refractivity contribution in [2.24, 2.45) is 0 Å². The van der Waals surface area contributed by atoms with Crippen molar-refractivity contribution < 1.29 is 13.2 Å². The number of carbonyl (C=O) groups excluding carboxylic acids is 1. The Balaban J connectivity index is 1.88. The first-order valence-electron chi connectivity index (χ1n) is 10.1. The number of hydrogen-bond acceptors (Lipinski definition) is 3. The first-order valence-corrected chi connectivity index (χ1v) is 11.6. The van der Waals surface area contributed by atoms with Gasteiger partial charge in [0.2, 0.25) is 0 Å². The Morgan fingerprint density at radius 2 is 1.55 bits per heavy atom. The van der Waals surface area contributed by atoms with Crippen LogP contribution in [0.2, 0.25) is 0 Å². The van der Waals surface area contributed by atoms with E-state index in [-0.39, 0.29) is 16.8 Å². The number of aryl methyl sites for hydroxylation is 3. The molecule has 3 aromatic carbocycles. The third kappa shape index (κ3) is 4.80. The Kier molecular flexibility index (Phi) is 6.51. The SMILES string of the molecule is Cc1ccc(S(=O)(=O)N(C)c2cc(C(=O)N[C@H](C)c3ccccc3C)ccc2C)cc1. The molecular formula is C25H28N2O3S. The Morgan fingerprint density at radius 1 is 0.903 bits per heavy atom. The van der Waals surface area contributed by atoms with Crippen LogP contribution in [0.1, 0.15) is 45.6 Å². The summed E-state index contributed by atoms with van der Waals surface area (Å²) in [5.74, 6) is -0.252. The molecule has 0 aliphatic heterocycles. The lowest BCUT2D eigenvalue weighted by Crippen LogP contribution is -2.29. The van der Waals surface area contributed by atoms with Gasteiger partial charge in [0, 0.05) is 12.6 Å². The number of nitrogens with zero attached hydrogens (tertiary/aromatic N) is 1. The number of sulfonamides is 1. The van der Waals surface area contributed by atoms with Crippen LogP contribution in [0.15, 0.2) is 71.6 Å². The van der Waals surface area contributed by atoms with Crippen molar-refractivity contribution >= 4 is 21.6 Å². The third-order valence-corrected chi connectivity index (χ3v) is 7.28. The summed E-state index contributed by atoms with van der Waals surface area (Å²) in [6, 6.07) is 19.6. The summed E-state index contributed by atoms with van der Waals surface area (Å²) in [4.78, 5) is 13.1. The molecule has 0 saturated carbocycles. The zero-order valence-electron chi connectivity index (χ0n) is 18.5. The van der Waals surface area contributed by atoms with Crippen molar-refractivity contribution in [2.45, 2.75) is 38.6 Å². The van der Waals surface area contributed by atoms with Gasteiger partial charge in [-0.05, 0) is 68.7 Å². The highest BCUT2D eigenvalue weighted by molar-refractivity contribution is 7.92. The molecule has 0 fully saturated rings. The molecule has 1 amide bonds. The van der Waals surface area contributed by atoms with Gasteiger partial charge in [0.1, 0.15) is 0 Å². The zero-order valence-corrected chi connectivity index (χ0v) is 19.3. The van der Waals surface area contributed by atoms with Gasteiger partial charge in [0.25, 0.3) is 15.9 Å². The van der Waals surface area contributed by atoms with Crippen molar-refractivity contribution in [1.82, 2.24) is 5.32 Å².